The summed E-state index contributed by atoms with van der Waals surface area (Å²) in [5.41, 5.74) is 0.895. The molecule has 0 unspecified atom stereocenters. The Bertz CT molecular complexity index is 262. The van der Waals surface area contributed by atoms with Gasteiger partial charge in [0.2, 0.25) is 0 Å². The molecular weight excluding hydrogens is 158 g/mol. The molecule has 1 rings (SSSR count). The predicted molar refractivity (Wildman–Crippen MR) is 43.1 cm³/mol. The van der Waals surface area contributed by atoms with Crippen LogP contribution in [0.3, 0.4) is 0 Å². The molecule has 11 heavy (non-hydrogen) atoms. The highest BCUT2D eigenvalue weighted by Crippen LogP contribution is 2.11. The van der Waals surface area contributed by atoms with Gasteiger partial charge in [-0.05, 0) is 6.92 Å². The molecule has 3 nitrogen and oxygen atoms in total. The third-order valence-corrected chi connectivity index (χ3v) is 1.82. The van der Waals surface area contributed by atoms with Crippen LogP contribution in [0, 0.1) is 18.3 Å². The predicted octanol–water partition coefficient (Wildman–Crippen LogP) is 1.40. The maximum atomic E-state index is 8.26. The Morgan fingerprint density at radius 2 is 2.36 bits per heavy atom. The molecule has 0 saturated heterocycles. The van der Waals surface area contributed by atoms with E-state index in [1.165, 1.54) is 11.8 Å². The van der Waals surface area contributed by atoms with Gasteiger partial charge in [-0.3, -0.25) is 4.98 Å². The lowest BCUT2D eigenvalue weighted by Gasteiger charge is -1.94. The molecule has 0 aromatic carbocycles. The van der Waals surface area contributed by atoms with Crippen LogP contribution in [0.25, 0.3) is 0 Å². The number of nitrogens with zero attached hydrogens (tertiary/aromatic N) is 3. The first-order valence-corrected chi connectivity index (χ1v) is 4.10. The third-order valence-electron chi connectivity index (χ3n) is 1.04. The molecule has 1 aromatic rings. The lowest BCUT2D eigenvalue weighted by atomic mass is 10.5. The third kappa shape index (κ3) is 2.56. The average Bonchev–Trinajstić information content (AvgIpc) is 2.04. The van der Waals surface area contributed by atoms with Gasteiger partial charge in [0.05, 0.1) is 23.7 Å². The lowest BCUT2D eigenvalue weighted by Crippen LogP contribution is -1.85. The molecule has 0 bridgehead atoms. The average molecular weight is 165 g/mol. The van der Waals surface area contributed by atoms with E-state index in [0.29, 0.717) is 5.75 Å². The smallest absolute Gasteiger partial charge is 0.115 e. The van der Waals surface area contributed by atoms with Crippen LogP contribution in [0.4, 0.5) is 0 Å². The Balaban J connectivity index is 2.60. The molecule has 56 valence electrons. The van der Waals surface area contributed by atoms with Gasteiger partial charge in [-0.1, -0.05) is 11.8 Å². The minimum Gasteiger partial charge on any atom is -0.257 e. The molecule has 0 saturated carbocycles. The van der Waals surface area contributed by atoms with Gasteiger partial charge in [-0.2, -0.15) is 5.26 Å². The van der Waals surface area contributed by atoms with Gasteiger partial charge in [-0.15, -0.1) is 0 Å². The fraction of sp³-hybridized carbons (Fsp3) is 0.286. The standard InChI is InChI=1S/C7H7N3S/c1-6-4-10-7(5-9-6)11-3-2-8/h4-5H,3H2,1H3. The van der Waals surface area contributed by atoms with E-state index in [1.54, 1.807) is 12.4 Å². The van der Waals surface area contributed by atoms with Gasteiger partial charge in [0.15, 0.2) is 0 Å². The fourth-order valence-electron chi connectivity index (χ4n) is 0.561. The second kappa shape index (κ2) is 3.94. The van der Waals surface area contributed by atoms with Crippen LogP contribution in [0.1, 0.15) is 5.69 Å². The number of hydrogen-bond donors (Lipinski definition) is 0. The first-order chi connectivity index (χ1) is 5.33. The maximum Gasteiger partial charge on any atom is 0.115 e. The van der Waals surface area contributed by atoms with Crippen LogP contribution in [-0.4, -0.2) is 15.7 Å². The van der Waals surface area contributed by atoms with Crippen LogP contribution >= 0.6 is 11.8 Å². The Hall–Kier alpha value is -1.08. The maximum absolute atomic E-state index is 8.26. The van der Waals surface area contributed by atoms with Crippen molar-refractivity contribution < 1.29 is 0 Å². The number of aryl methyl sites for hydroxylation is 1. The van der Waals surface area contributed by atoms with Crippen LogP contribution in [0.2, 0.25) is 0 Å². The summed E-state index contributed by atoms with van der Waals surface area (Å²) >= 11 is 1.39. The summed E-state index contributed by atoms with van der Waals surface area (Å²) in [6.07, 6.45) is 3.37. The van der Waals surface area contributed by atoms with Crippen molar-refractivity contribution in [2.24, 2.45) is 0 Å². The minimum atomic E-state index is 0.428. The zero-order valence-corrected chi connectivity index (χ0v) is 6.93. The molecule has 1 aromatic heterocycles. The van der Waals surface area contributed by atoms with Crippen molar-refractivity contribution in [3.63, 3.8) is 0 Å². The number of thioether (sulfide) groups is 1. The lowest BCUT2D eigenvalue weighted by molar-refractivity contribution is 1.01. The number of hydrogen-bond acceptors (Lipinski definition) is 4. The Kier molecular flexibility index (Phi) is 2.87. The minimum absolute atomic E-state index is 0.428. The molecule has 4 heteroatoms. The molecule has 0 spiro atoms. The molecule has 0 radical (unpaired) electrons. The van der Waals surface area contributed by atoms with E-state index in [0.717, 1.165) is 10.7 Å². The van der Waals surface area contributed by atoms with E-state index in [4.69, 9.17) is 5.26 Å². The number of aromatic nitrogens is 2. The van der Waals surface area contributed by atoms with Gasteiger partial charge in [0.1, 0.15) is 5.03 Å². The van der Waals surface area contributed by atoms with Crippen LogP contribution in [0.15, 0.2) is 17.4 Å². The van der Waals surface area contributed by atoms with Gasteiger partial charge >= 0.3 is 0 Å². The van der Waals surface area contributed by atoms with E-state index in [2.05, 4.69) is 9.97 Å². The van der Waals surface area contributed by atoms with Crippen LogP contribution in [0.5, 0.6) is 0 Å². The highest BCUT2D eigenvalue weighted by atomic mass is 32.2. The van der Waals surface area contributed by atoms with Crippen LogP contribution < -0.4 is 0 Å². The Morgan fingerprint density at radius 3 is 2.91 bits per heavy atom. The van der Waals surface area contributed by atoms with Crippen molar-refractivity contribution in [1.29, 1.82) is 5.26 Å². The second-order valence-electron chi connectivity index (χ2n) is 1.94. The molecule has 0 aliphatic heterocycles. The summed E-state index contributed by atoms with van der Waals surface area (Å²) in [5.74, 6) is 0.428. The largest absolute Gasteiger partial charge is 0.257 e. The van der Waals surface area contributed by atoms with Crippen molar-refractivity contribution in [2.45, 2.75) is 11.9 Å². The summed E-state index contributed by atoms with van der Waals surface area (Å²) in [5, 5.41) is 9.07. The van der Waals surface area contributed by atoms with E-state index in [9.17, 15) is 0 Å². The van der Waals surface area contributed by atoms with E-state index in [-0.39, 0.29) is 0 Å². The summed E-state index contributed by atoms with van der Waals surface area (Å²) in [6, 6.07) is 2.03. The van der Waals surface area contributed by atoms with Crippen molar-refractivity contribution in [1.82, 2.24) is 9.97 Å². The first kappa shape index (κ1) is 8.02. The van der Waals surface area contributed by atoms with Gasteiger partial charge in [-0.25, -0.2) is 4.98 Å². The molecule has 0 amide bonds. The van der Waals surface area contributed by atoms with Crippen molar-refractivity contribution in [3.8, 4) is 6.07 Å². The zero-order valence-electron chi connectivity index (χ0n) is 6.11. The van der Waals surface area contributed by atoms with Gasteiger partial charge in [0.25, 0.3) is 0 Å². The monoisotopic (exact) mass is 165 g/mol. The van der Waals surface area contributed by atoms with Crippen LogP contribution in [-0.2, 0) is 0 Å². The van der Waals surface area contributed by atoms with Crippen molar-refractivity contribution in [3.05, 3.63) is 18.1 Å². The molecule has 0 N–H and O–H groups in total. The topological polar surface area (TPSA) is 49.6 Å². The molecule has 0 atom stereocenters. The quantitative estimate of drug-likeness (QED) is 0.621. The number of nitriles is 1. The van der Waals surface area contributed by atoms with E-state index in [1.807, 2.05) is 13.0 Å². The normalized spacial score (nSPS) is 9.09. The molecule has 1 heterocycles. The Morgan fingerprint density at radius 1 is 1.55 bits per heavy atom. The summed E-state index contributed by atoms with van der Waals surface area (Å²) in [6.45, 7) is 1.88. The molecular formula is C7H7N3S. The highest BCUT2D eigenvalue weighted by molar-refractivity contribution is 7.99. The van der Waals surface area contributed by atoms with Crippen molar-refractivity contribution >= 4 is 11.8 Å². The van der Waals surface area contributed by atoms with Gasteiger partial charge in [0, 0.05) is 6.20 Å². The summed E-state index contributed by atoms with van der Waals surface area (Å²) in [7, 11) is 0. The van der Waals surface area contributed by atoms with Gasteiger partial charge < -0.3 is 0 Å². The molecule has 0 aliphatic rings. The second-order valence-corrected chi connectivity index (χ2v) is 2.94. The zero-order chi connectivity index (χ0) is 8.10. The molecule has 0 fully saturated rings. The number of rotatable bonds is 2. The van der Waals surface area contributed by atoms with E-state index >= 15 is 0 Å². The molecule has 0 aliphatic carbocycles. The fourth-order valence-corrected chi connectivity index (χ4v) is 1.03. The van der Waals surface area contributed by atoms with E-state index < -0.39 is 0 Å². The van der Waals surface area contributed by atoms with Crippen molar-refractivity contribution in [2.75, 3.05) is 5.75 Å². The highest BCUT2D eigenvalue weighted by Gasteiger charge is 1.93. The Labute approximate surface area is 69.5 Å². The first-order valence-electron chi connectivity index (χ1n) is 3.11. The summed E-state index contributed by atoms with van der Waals surface area (Å²) < 4.78 is 0. The summed E-state index contributed by atoms with van der Waals surface area (Å²) in [4.78, 5) is 8.10. The SMILES string of the molecule is Cc1cnc(SCC#N)cn1.